The molecule has 0 saturated carbocycles. The van der Waals surface area contributed by atoms with Crippen molar-refractivity contribution >= 4 is 11.6 Å². The van der Waals surface area contributed by atoms with Crippen molar-refractivity contribution in [2.24, 2.45) is 5.73 Å². The third-order valence-electron chi connectivity index (χ3n) is 2.71. The fraction of sp³-hybridized carbons (Fsp3) is 0.214. The summed E-state index contributed by atoms with van der Waals surface area (Å²) in [7, 11) is 0. The van der Waals surface area contributed by atoms with Gasteiger partial charge in [0.15, 0.2) is 0 Å². The SMILES string of the molecule is NC(Cc1cccnc1)Cc1cc(Cl)ccc1F. The average Bonchev–Trinajstić information content (AvgIpc) is 2.35. The van der Waals surface area contributed by atoms with Crippen LogP contribution in [0.25, 0.3) is 0 Å². The van der Waals surface area contributed by atoms with Crippen LogP contribution in [0.15, 0.2) is 42.7 Å². The van der Waals surface area contributed by atoms with Crippen molar-refractivity contribution in [3.8, 4) is 0 Å². The number of nitrogens with zero attached hydrogens (tertiary/aromatic N) is 1. The highest BCUT2D eigenvalue weighted by Gasteiger charge is 2.09. The Morgan fingerprint density at radius 3 is 2.83 bits per heavy atom. The van der Waals surface area contributed by atoms with Crippen molar-refractivity contribution in [1.82, 2.24) is 4.98 Å². The predicted molar refractivity (Wildman–Crippen MR) is 71.0 cm³/mol. The van der Waals surface area contributed by atoms with Crippen molar-refractivity contribution in [2.45, 2.75) is 18.9 Å². The summed E-state index contributed by atoms with van der Waals surface area (Å²) < 4.78 is 13.5. The van der Waals surface area contributed by atoms with Gasteiger partial charge in [-0.3, -0.25) is 4.98 Å². The maximum absolute atomic E-state index is 13.5. The summed E-state index contributed by atoms with van der Waals surface area (Å²) in [5.41, 5.74) is 7.62. The summed E-state index contributed by atoms with van der Waals surface area (Å²) in [5, 5.41) is 0.528. The fourth-order valence-electron chi connectivity index (χ4n) is 1.88. The normalized spacial score (nSPS) is 12.4. The molecule has 0 amide bonds. The highest BCUT2D eigenvalue weighted by atomic mass is 35.5. The van der Waals surface area contributed by atoms with E-state index in [1.165, 1.54) is 12.1 Å². The van der Waals surface area contributed by atoms with Gasteiger partial charge in [-0.05, 0) is 48.2 Å². The van der Waals surface area contributed by atoms with Gasteiger partial charge in [-0.1, -0.05) is 17.7 Å². The zero-order valence-corrected chi connectivity index (χ0v) is 10.6. The Balaban J connectivity index is 2.03. The van der Waals surface area contributed by atoms with E-state index >= 15 is 0 Å². The lowest BCUT2D eigenvalue weighted by Gasteiger charge is -2.12. The van der Waals surface area contributed by atoms with Crippen molar-refractivity contribution in [1.29, 1.82) is 0 Å². The molecule has 1 aromatic heterocycles. The van der Waals surface area contributed by atoms with E-state index in [0.29, 0.717) is 23.4 Å². The number of halogens is 2. The second-order valence-corrected chi connectivity index (χ2v) is 4.70. The van der Waals surface area contributed by atoms with Gasteiger partial charge in [-0.2, -0.15) is 0 Å². The van der Waals surface area contributed by atoms with E-state index < -0.39 is 0 Å². The van der Waals surface area contributed by atoms with Gasteiger partial charge in [0.25, 0.3) is 0 Å². The third kappa shape index (κ3) is 3.52. The summed E-state index contributed by atoms with van der Waals surface area (Å²) in [6, 6.07) is 8.20. The Kier molecular flexibility index (Phi) is 4.28. The van der Waals surface area contributed by atoms with Crippen molar-refractivity contribution < 1.29 is 4.39 Å². The van der Waals surface area contributed by atoms with Crippen LogP contribution in [-0.2, 0) is 12.8 Å². The molecule has 18 heavy (non-hydrogen) atoms. The number of nitrogens with two attached hydrogens (primary N) is 1. The van der Waals surface area contributed by atoms with Crippen LogP contribution in [0.1, 0.15) is 11.1 Å². The molecule has 4 heteroatoms. The van der Waals surface area contributed by atoms with E-state index in [1.54, 1.807) is 18.5 Å². The smallest absolute Gasteiger partial charge is 0.126 e. The standard InChI is InChI=1S/C14H14ClFN2/c15-12-3-4-14(16)11(7-12)8-13(17)6-10-2-1-5-18-9-10/h1-5,7,9,13H,6,8,17H2. The summed E-state index contributed by atoms with van der Waals surface area (Å²) >= 11 is 5.84. The first-order valence-corrected chi connectivity index (χ1v) is 6.11. The van der Waals surface area contributed by atoms with Crippen LogP contribution < -0.4 is 5.73 Å². The Hall–Kier alpha value is -1.45. The van der Waals surface area contributed by atoms with Crippen LogP contribution in [0.3, 0.4) is 0 Å². The van der Waals surface area contributed by atoms with Gasteiger partial charge in [0.1, 0.15) is 5.82 Å². The topological polar surface area (TPSA) is 38.9 Å². The van der Waals surface area contributed by atoms with E-state index in [4.69, 9.17) is 17.3 Å². The van der Waals surface area contributed by atoms with Crippen LogP contribution in [-0.4, -0.2) is 11.0 Å². The maximum atomic E-state index is 13.5. The lowest BCUT2D eigenvalue weighted by molar-refractivity contribution is 0.583. The molecule has 2 nitrogen and oxygen atoms in total. The molecule has 2 aromatic rings. The zero-order chi connectivity index (χ0) is 13.0. The average molecular weight is 265 g/mol. The minimum absolute atomic E-state index is 0.151. The van der Waals surface area contributed by atoms with Gasteiger partial charge >= 0.3 is 0 Å². The molecule has 0 spiro atoms. The Morgan fingerprint density at radius 1 is 1.28 bits per heavy atom. The molecule has 0 aliphatic rings. The van der Waals surface area contributed by atoms with Gasteiger partial charge in [0.2, 0.25) is 0 Å². The molecule has 0 aliphatic carbocycles. The van der Waals surface area contributed by atoms with E-state index in [9.17, 15) is 4.39 Å². The van der Waals surface area contributed by atoms with E-state index in [2.05, 4.69) is 4.98 Å². The number of pyridine rings is 1. The molecule has 0 saturated heterocycles. The molecule has 2 N–H and O–H groups in total. The lowest BCUT2D eigenvalue weighted by atomic mass is 10.0. The molecular weight excluding hydrogens is 251 g/mol. The first kappa shape index (κ1) is 13.0. The summed E-state index contributed by atoms with van der Waals surface area (Å²) in [4.78, 5) is 4.03. The van der Waals surface area contributed by atoms with E-state index in [0.717, 1.165) is 5.56 Å². The molecule has 2 rings (SSSR count). The summed E-state index contributed by atoms with van der Waals surface area (Å²) in [6.07, 6.45) is 4.61. The molecule has 1 aromatic carbocycles. The number of benzene rings is 1. The van der Waals surface area contributed by atoms with E-state index in [1.807, 2.05) is 12.1 Å². The monoisotopic (exact) mass is 264 g/mol. The second-order valence-electron chi connectivity index (χ2n) is 4.27. The molecular formula is C14H14ClFN2. The number of hydrogen-bond acceptors (Lipinski definition) is 2. The maximum Gasteiger partial charge on any atom is 0.126 e. The molecule has 0 bridgehead atoms. The van der Waals surface area contributed by atoms with Crippen LogP contribution in [0, 0.1) is 5.82 Å². The zero-order valence-electron chi connectivity index (χ0n) is 9.81. The quantitative estimate of drug-likeness (QED) is 0.922. The molecule has 0 fully saturated rings. The predicted octanol–water partition coefficient (Wildman–Crippen LogP) is 2.99. The van der Waals surface area contributed by atoms with Crippen LogP contribution in [0.5, 0.6) is 0 Å². The first-order chi connectivity index (χ1) is 8.65. The largest absolute Gasteiger partial charge is 0.327 e. The minimum Gasteiger partial charge on any atom is -0.327 e. The lowest BCUT2D eigenvalue weighted by Crippen LogP contribution is -2.26. The van der Waals surface area contributed by atoms with Crippen molar-refractivity contribution in [3.05, 3.63) is 64.7 Å². The van der Waals surface area contributed by atoms with E-state index in [-0.39, 0.29) is 11.9 Å². The van der Waals surface area contributed by atoms with Crippen LogP contribution in [0.4, 0.5) is 4.39 Å². The molecule has 94 valence electrons. The number of rotatable bonds is 4. The molecule has 1 heterocycles. The number of aromatic nitrogens is 1. The highest BCUT2D eigenvalue weighted by Crippen LogP contribution is 2.17. The molecule has 0 aliphatic heterocycles. The summed E-state index contributed by atoms with van der Waals surface area (Å²) in [6.45, 7) is 0. The number of hydrogen-bond donors (Lipinski definition) is 1. The molecule has 1 unspecified atom stereocenters. The van der Waals surface area contributed by atoms with Gasteiger partial charge in [0.05, 0.1) is 0 Å². The van der Waals surface area contributed by atoms with Gasteiger partial charge < -0.3 is 5.73 Å². The van der Waals surface area contributed by atoms with Gasteiger partial charge in [-0.25, -0.2) is 4.39 Å². The summed E-state index contributed by atoms with van der Waals surface area (Å²) in [5.74, 6) is -0.263. The first-order valence-electron chi connectivity index (χ1n) is 5.73. The van der Waals surface area contributed by atoms with Gasteiger partial charge in [-0.15, -0.1) is 0 Å². The van der Waals surface area contributed by atoms with Gasteiger partial charge in [0, 0.05) is 23.5 Å². The Bertz CT molecular complexity index is 516. The van der Waals surface area contributed by atoms with Crippen molar-refractivity contribution in [2.75, 3.05) is 0 Å². The Labute approximate surface area is 111 Å². The fourth-order valence-corrected chi connectivity index (χ4v) is 2.07. The molecule has 0 radical (unpaired) electrons. The Morgan fingerprint density at radius 2 is 2.11 bits per heavy atom. The second kappa shape index (κ2) is 5.94. The molecule has 1 atom stereocenters. The third-order valence-corrected chi connectivity index (χ3v) is 2.95. The highest BCUT2D eigenvalue weighted by molar-refractivity contribution is 6.30. The van der Waals surface area contributed by atoms with Crippen LogP contribution in [0.2, 0.25) is 5.02 Å². The van der Waals surface area contributed by atoms with Crippen molar-refractivity contribution in [3.63, 3.8) is 0 Å². The van der Waals surface area contributed by atoms with Crippen LogP contribution >= 0.6 is 11.6 Å². The minimum atomic E-state index is -0.263.